The number of aliphatic hydroxyl groups excluding tert-OH is 2. The van der Waals surface area contributed by atoms with Crippen molar-refractivity contribution in [1.82, 2.24) is 15.1 Å². The smallest absolute Gasteiger partial charge is 0.311 e. The molecule has 0 radical (unpaired) electrons. The minimum atomic E-state index is -1.81. The van der Waals surface area contributed by atoms with Crippen LogP contribution in [0.3, 0.4) is 0 Å². The monoisotopic (exact) mass is 820 g/mol. The van der Waals surface area contributed by atoms with Crippen molar-refractivity contribution in [2.45, 2.75) is 205 Å². The summed E-state index contributed by atoms with van der Waals surface area (Å²) in [6, 6.07) is -0.741. The minimum Gasteiger partial charge on any atom is -0.459 e. The van der Waals surface area contributed by atoms with Gasteiger partial charge in [0.15, 0.2) is 12.6 Å². The molecule has 0 bridgehead atoms. The molecule has 57 heavy (non-hydrogen) atoms. The van der Waals surface area contributed by atoms with Crippen LogP contribution in [-0.2, 0) is 33.2 Å². The van der Waals surface area contributed by atoms with Gasteiger partial charge in [0, 0.05) is 50.7 Å². The van der Waals surface area contributed by atoms with Gasteiger partial charge in [-0.05, 0) is 94.8 Å². The number of hydrogen-bond acceptors (Lipinski definition) is 15. The predicted octanol–water partition coefficient (Wildman–Crippen LogP) is 2.27. The molecule has 3 aliphatic heterocycles. The predicted molar refractivity (Wildman–Crippen MR) is 216 cm³/mol. The molecular weight excluding hydrogens is 738 g/mol. The van der Waals surface area contributed by atoms with Crippen LogP contribution in [0.4, 0.5) is 0 Å². The maximum atomic E-state index is 14.4. The number of nitrogens with zero attached hydrogens (tertiary/aromatic N) is 2. The van der Waals surface area contributed by atoms with Gasteiger partial charge < -0.3 is 69.1 Å². The number of aliphatic hydroxyl groups is 5. The van der Waals surface area contributed by atoms with Crippen LogP contribution in [0.2, 0.25) is 0 Å². The highest BCUT2D eigenvalue weighted by molar-refractivity contribution is 5.73. The van der Waals surface area contributed by atoms with Gasteiger partial charge in [-0.3, -0.25) is 4.79 Å². The molecule has 0 saturated carbocycles. The quantitative estimate of drug-likeness (QED) is 0.176. The summed E-state index contributed by atoms with van der Waals surface area (Å²) in [5.74, 6) is -2.66. The topological polar surface area (TPSA) is 192 Å². The molecule has 0 spiro atoms. The van der Waals surface area contributed by atoms with Crippen molar-refractivity contribution in [3.05, 3.63) is 0 Å². The Balaban J connectivity index is 2.19. The van der Waals surface area contributed by atoms with Crippen LogP contribution in [0.5, 0.6) is 0 Å². The molecule has 15 nitrogen and oxygen atoms in total. The number of carbonyl (C=O) groups is 1. The van der Waals surface area contributed by atoms with Gasteiger partial charge in [-0.25, -0.2) is 0 Å². The highest BCUT2D eigenvalue weighted by Crippen LogP contribution is 2.43. The van der Waals surface area contributed by atoms with Crippen molar-refractivity contribution in [2.24, 2.45) is 17.8 Å². The van der Waals surface area contributed by atoms with Gasteiger partial charge in [0.2, 0.25) is 0 Å². The Hall–Kier alpha value is -1.05. The number of hydrogen-bond donors (Lipinski definition) is 6. The molecule has 3 rings (SSSR count). The van der Waals surface area contributed by atoms with E-state index in [0.717, 1.165) is 0 Å². The van der Waals surface area contributed by atoms with Crippen molar-refractivity contribution in [3.8, 4) is 0 Å². The van der Waals surface area contributed by atoms with Crippen molar-refractivity contribution in [3.63, 3.8) is 0 Å². The molecule has 3 heterocycles. The molecule has 0 aromatic rings. The zero-order valence-electron chi connectivity index (χ0n) is 37.9. The maximum absolute atomic E-state index is 14.4. The van der Waals surface area contributed by atoms with Gasteiger partial charge in [0.05, 0.1) is 35.9 Å². The zero-order valence-corrected chi connectivity index (χ0v) is 37.9. The average molecular weight is 820 g/mol. The summed E-state index contributed by atoms with van der Waals surface area (Å²) < 4.78 is 38.4. The lowest BCUT2D eigenvalue weighted by Crippen LogP contribution is -2.70. The molecule has 15 heteroatoms. The average Bonchev–Trinajstić information content (AvgIpc) is 3.11. The standard InChI is InChI=1S/C42H81N3O12/c1-17-31-41(12,50)35(47)28(8)45(15)21-24(4)19-39(10,49)36(57-38-33(46)30(44(13)14)18-25(5)53-38)26(6)34(27(7)37(48)55-31)56-32-20-40(11,52-16)42(51,29(9)54-32)22-43-23(2)3/h23-36,38,43,46-47,49-51H,17-22H2,1-16H3/t24-,25+,26-,27-,28+,29-,30-,31+,32-,33+,34+,35+,36-,38-,39+,40+,41+,42-/m0/s1. The van der Waals surface area contributed by atoms with E-state index in [1.165, 1.54) is 14.0 Å². The lowest BCUT2D eigenvalue weighted by Gasteiger charge is -2.54. The number of carbonyl (C=O) groups excluding carboxylic acids is 1. The lowest BCUT2D eigenvalue weighted by molar-refractivity contribution is -0.336. The summed E-state index contributed by atoms with van der Waals surface area (Å²) in [6.45, 7) is 22.3. The molecule has 6 N–H and O–H groups in total. The molecule has 3 saturated heterocycles. The molecule has 0 aromatic heterocycles. The van der Waals surface area contributed by atoms with Gasteiger partial charge in [-0.2, -0.15) is 0 Å². The van der Waals surface area contributed by atoms with Crippen molar-refractivity contribution >= 4 is 5.97 Å². The fourth-order valence-electron chi connectivity index (χ4n) is 9.49. The first-order chi connectivity index (χ1) is 26.2. The number of methoxy groups -OCH3 is 1. The fraction of sp³-hybridized carbons (Fsp3) is 0.976. The molecule has 0 amide bonds. The third-order valence-corrected chi connectivity index (χ3v) is 13.5. The Morgan fingerprint density at radius 3 is 2.14 bits per heavy atom. The van der Waals surface area contributed by atoms with Crippen LogP contribution in [0, 0.1) is 17.8 Å². The van der Waals surface area contributed by atoms with E-state index in [4.69, 9.17) is 28.4 Å². The zero-order chi connectivity index (χ0) is 43.6. The Bertz CT molecular complexity index is 1270. The Morgan fingerprint density at radius 2 is 1.60 bits per heavy atom. The van der Waals surface area contributed by atoms with E-state index in [0.29, 0.717) is 13.0 Å². The second kappa shape index (κ2) is 19.8. The summed E-state index contributed by atoms with van der Waals surface area (Å²) in [5, 5.41) is 63.0. The molecule has 336 valence electrons. The summed E-state index contributed by atoms with van der Waals surface area (Å²) in [6.07, 6.45) is -7.60. The number of nitrogens with one attached hydrogen (secondary N) is 1. The minimum absolute atomic E-state index is 0.0866. The van der Waals surface area contributed by atoms with Gasteiger partial charge in [0.25, 0.3) is 0 Å². The number of rotatable bonds is 10. The van der Waals surface area contributed by atoms with Gasteiger partial charge >= 0.3 is 5.97 Å². The van der Waals surface area contributed by atoms with E-state index in [1.54, 1.807) is 41.5 Å². The summed E-state index contributed by atoms with van der Waals surface area (Å²) in [5.41, 5.74) is -5.99. The maximum Gasteiger partial charge on any atom is 0.311 e. The Kier molecular flexibility index (Phi) is 17.4. The third-order valence-electron chi connectivity index (χ3n) is 13.5. The normalized spacial score (nSPS) is 47.7. The molecule has 3 fully saturated rings. The molecule has 3 aliphatic rings. The number of ether oxygens (including phenoxy) is 6. The van der Waals surface area contributed by atoms with Gasteiger partial charge in [0.1, 0.15) is 35.1 Å². The van der Waals surface area contributed by atoms with E-state index in [1.807, 2.05) is 65.6 Å². The first kappa shape index (κ1) is 50.3. The molecule has 0 aliphatic carbocycles. The van der Waals surface area contributed by atoms with Crippen LogP contribution in [-0.4, -0.2) is 178 Å². The van der Waals surface area contributed by atoms with Crippen LogP contribution in [0.1, 0.15) is 109 Å². The van der Waals surface area contributed by atoms with E-state index in [2.05, 4.69) is 5.32 Å². The molecular formula is C42H81N3O12. The Labute approximate surface area is 343 Å². The summed E-state index contributed by atoms with van der Waals surface area (Å²) in [7, 11) is 7.15. The molecule has 0 aromatic carbocycles. The SMILES string of the molecule is CC[C@H]1OC(=O)[C@@H](C)[C@H](O[C@H]2C[C@@](C)(OC)[C@](O)(CNC(C)C)[C@H](C)O2)[C@H](C)[C@H](O[C@@H]2O[C@H](C)C[C@H](N(C)C)[C@H]2O)[C@](C)(O)C[C@H](C)CN(C)[C@H](C)[C@@H](O)[C@]1(C)O. The van der Waals surface area contributed by atoms with Crippen LogP contribution in [0.15, 0.2) is 0 Å². The van der Waals surface area contributed by atoms with E-state index in [-0.39, 0.29) is 49.9 Å². The van der Waals surface area contributed by atoms with Crippen LogP contribution in [0.25, 0.3) is 0 Å². The van der Waals surface area contributed by atoms with Crippen LogP contribution >= 0.6 is 0 Å². The summed E-state index contributed by atoms with van der Waals surface area (Å²) >= 11 is 0. The van der Waals surface area contributed by atoms with Gasteiger partial charge in [-0.1, -0.05) is 34.6 Å². The second-order valence-electron chi connectivity index (χ2n) is 19.0. The van der Waals surface area contributed by atoms with Crippen LogP contribution < -0.4 is 5.32 Å². The number of likely N-dealkylation sites (N-methyl/N-ethyl adjacent to an activating group) is 2. The van der Waals surface area contributed by atoms with E-state index < -0.39 is 95.5 Å². The van der Waals surface area contributed by atoms with Crippen molar-refractivity contribution in [2.75, 3.05) is 41.3 Å². The van der Waals surface area contributed by atoms with E-state index in [9.17, 15) is 30.3 Å². The first-order valence-corrected chi connectivity index (χ1v) is 21.2. The lowest BCUT2D eigenvalue weighted by atomic mass is 9.75. The third kappa shape index (κ3) is 11.3. The van der Waals surface area contributed by atoms with Gasteiger partial charge in [-0.15, -0.1) is 0 Å². The highest BCUT2D eigenvalue weighted by Gasteiger charge is 2.58. The largest absolute Gasteiger partial charge is 0.459 e. The molecule has 18 atom stereocenters. The molecule has 0 unspecified atom stereocenters. The Morgan fingerprint density at radius 1 is 0.982 bits per heavy atom. The van der Waals surface area contributed by atoms with E-state index >= 15 is 0 Å². The first-order valence-electron chi connectivity index (χ1n) is 21.2. The number of cyclic esters (lactones) is 1. The summed E-state index contributed by atoms with van der Waals surface area (Å²) in [4.78, 5) is 18.2. The fourth-order valence-corrected chi connectivity index (χ4v) is 9.49. The highest BCUT2D eigenvalue weighted by atomic mass is 16.7. The number of esters is 1. The van der Waals surface area contributed by atoms with Crippen molar-refractivity contribution in [1.29, 1.82) is 0 Å². The van der Waals surface area contributed by atoms with Crippen molar-refractivity contribution < 1.29 is 58.7 Å². The second-order valence-corrected chi connectivity index (χ2v) is 19.0.